The smallest absolute Gasteiger partial charge is 0.338 e. The molecule has 5 nitrogen and oxygen atoms in total. The summed E-state index contributed by atoms with van der Waals surface area (Å²) in [5, 5.41) is 17.8. The lowest BCUT2D eigenvalue weighted by Gasteiger charge is -2.19. The number of carboxylic acid groups (broad SMARTS) is 1. The van der Waals surface area contributed by atoms with Crippen LogP contribution in [0.4, 0.5) is 10.1 Å². The van der Waals surface area contributed by atoms with Crippen molar-refractivity contribution in [3.05, 3.63) is 65.0 Å². The molecule has 0 saturated carbocycles. The fourth-order valence-electron chi connectivity index (χ4n) is 1.97. The molecule has 0 unspecified atom stereocenters. The normalized spacial score (nSPS) is 9.86. The fourth-order valence-corrected chi connectivity index (χ4v) is 1.97. The zero-order chi connectivity index (χ0) is 16.3. The first-order chi connectivity index (χ1) is 10.5. The number of hydrogen-bond donors (Lipinski definition) is 1. The first-order valence-corrected chi connectivity index (χ1v) is 6.25. The number of benzene rings is 2. The maximum absolute atomic E-state index is 14.2. The van der Waals surface area contributed by atoms with E-state index < -0.39 is 23.3 Å². The first kappa shape index (κ1) is 15.2. The van der Waals surface area contributed by atoms with Gasteiger partial charge in [0.05, 0.1) is 22.9 Å². The highest BCUT2D eigenvalue weighted by Crippen LogP contribution is 2.23. The molecule has 1 amide bonds. The van der Waals surface area contributed by atoms with Gasteiger partial charge in [0, 0.05) is 12.6 Å². The predicted octanol–water partition coefficient (Wildman–Crippen LogP) is 2.67. The van der Waals surface area contributed by atoms with E-state index in [0.29, 0.717) is 5.56 Å². The van der Waals surface area contributed by atoms with Crippen molar-refractivity contribution in [1.82, 2.24) is 0 Å². The van der Waals surface area contributed by atoms with Crippen LogP contribution in [0.15, 0.2) is 42.5 Å². The molecule has 0 fully saturated rings. The van der Waals surface area contributed by atoms with E-state index >= 15 is 0 Å². The number of rotatable bonds is 3. The van der Waals surface area contributed by atoms with Gasteiger partial charge < -0.3 is 10.0 Å². The Morgan fingerprint density at radius 2 is 1.91 bits per heavy atom. The molecule has 0 heterocycles. The lowest BCUT2D eigenvalue weighted by Crippen LogP contribution is -2.27. The van der Waals surface area contributed by atoms with Gasteiger partial charge in [0.1, 0.15) is 0 Å². The minimum absolute atomic E-state index is 0.146. The summed E-state index contributed by atoms with van der Waals surface area (Å²) >= 11 is 0. The van der Waals surface area contributed by atoms with Gasteiger partial charge in [0.2, 0.25) is 0 Å². The van der Waals surface area contributed by atoms with Crippen LogP contribution in [0.25, 0.3) is 0 Å². The molecule has 0 saturated heterocycles. The Morgan fingerprint density at radius 3 is 2.55 bits per heavy atom. The second-order valence-corrected chi connectivity index (χ2v) is 4.50. The van der Waals surface area contributed by atoms with Crippen molar-refractivity contribution < 1.29 is 19.1 Å². The second kappa shape index (κ2) is 6.06. The monoisotopic (exact) mass is 298 g/mol. The van der Waals surface area contributed by atoms with Crippen molar-refractivity contribution in [2.24, 2.45) is 0 Å². The molecule has 0 radical (unpaired) electrons. The Balaban J connectivity index is 2.41. The van der Waals surface area contributed by atoms with Crippen LogP contribution in [0.2, 0.25) is 0 Å². The number of nitriles is 1. The van der Waals surface area contributed by atoms with Crippen molar-refractivity contribution in [3.8, 4) is 6.07 Å². The molecule has 2 rings (SSSR count). The molecule has 0 aromatic heterocycles. The highest BCUT2D eigenvalue weighted by molar-refractivity contribution is 6.06. The third kappa shape index (κ3) is 2.79. The van der Waals surface area contributed by atoms with Crippen LogP contribution in [-0.4, -0.2) is 24.0 Å². The third-order valence-electron chi connectivity index (χ3n) is 3.11. The number of carbonyl (C=O) groups is 2. The van der Waals surface area contributed by atoms with Crippen LogP contribution in [0.5, 0.6) is 0 Å². The van der Waals surface area contributed by atoms with Crippen molar-refractivity contribution in [3.63, 3.8) is 0 Å². The van der Waals surface area contributed by atoms with Crippen LogP contribution < -0.4 is 4.90 Å². The predicted molar refractivity (Wildman–Crippen MR) is 77.2 cm³/mol. The van der Waals surface area contributed by atoms with Gasteiger partial charge in [-0.1, -0.05) is 12.1 Å². The topological polar surface area (TPSA) is 81.4 Å². The number of carbonyl (C=O) groups excluding carboxylic acids is 1. The molecule has 0 bridgehead atoms. The molecular weight excluding hydrogens is 287 g/mol. The van der Waals surface area contributed by atoms with Crippen LogP contribution in [0, 0.1) is 17.1 Å². The molecule has 0 aliphatic carbocycles. The lowest BCUT2D eigenvalue weighted by molar-refractivity contribution is 0.0691. The zero-order valence-corrected chi connectivity index (χ0v) is 11.6. The van der Waals surface area contributed by atoms with Gasteiger partial charge in [0.25, 0.3) is 5.91 Å². The molecule has 0 aliphatic heterocycles. The minimum Gasteiger partial charge on any atom is -0.478 e. The Hall–Kier alpha value is -3.20. The molecule has 110 valence electrons. The Labute approximate surface area is 125 Å². The summed E-state index contributed by atoms with van der Waals surface area (Å²) in [4.78, 5) is 24.3. The molecule has 1 N–H and O–H groups in total. The summed E-state index contributed by atoms with van der Waals surface area (Å²) in [6.07, 6.45) is 0. The van der Waals surface area contributed by atoms with E-state index in [-0.39, 0.29) is 11.3 Å². The molecule has 22 heavy (non-hydrogen) atoms. The van der Waals surface area contributed by atoms with E-state index in [0.717, 1.165) is 11.0 Å². The summed E-state index contributed by atoms with van der Waals surface area (Å²) < 4.78 is 14.2. The van der Waals surface area contributed by atoms with Gasteiger partial charge in [-0.25, -0.2) is 9.18 Å². The maximum atomic E-state index is 14.2. The Kier molecular flexibility index (Phi) is 4.18. The number of nitrogens with zero attached hydrogens (tertiary/aromatic N) is 2. The van der Waals surface area contributed by atoms with Crippen molar-refractivity contribution in [1.29, 1.82) is 5.26 Å². The fraction of sp³-hybridized carbons (Fsp3) is 0.0625. The highest BCUT2D eigenvalue weighted by atomic mass is 19.1. The van der Waals surface area contributed by atoms with E-state index in [9.17, 15) is 14.0 Å². The first-order valence-electron chi connectivity index (χ1n) is 6.25. The van der Waals surface area contributed by atoms with Crippen LogP contribution in [-0.2, 0) is 0 Å². The number of hydrogen-bond acceptors (Lipinski definition) is 3. The average Bonchev–Trinajstić information content (AvgIpc) is 2.53. The van der Waals surface area contributed by atoms with Gasteiger partial charge in [-0.15, -0.1) is 0 Å². The standard InChI is InChI=1S/C16H11FN2O3/c1-19(13-7-3-6-12(14(13)17)16(21)22)15(20)11-5-2-4-10(8-11)9-18/h2-8H,1H3,(H,21,22). The summed E-state index contributed by atoms with van der Waals surface area (Å²) in [6, 6.07) is 11.7. The van der Waals surface area contributed by atoms with Crippen molar-refractivity contribution in [2.45, 2.75) is 0 Å². The van der Waals surface area contributed by atoms with Gasteiger partial charge in [-0.2, -0.15) is 5.26 Å². The van der Waals surface area contributed by atoms with E-state index in [1.807, 2.05) is 6.07 Å². The number of aromatic carboxylic acids is 1. The molecule has 0 aliphatic rings. The number of carboxylic acids is 1. The third-order valence-corrected chi connectivity index (χ3v) is 3.11. The quantitative estimate of drug-likeness (QED) is 0.944. The van der Waals surface area contributed by atoms with Crippen molar-refractivity contribution >= 4 is 17.6 Å². The van der Waals surface area contributed by atoms with Gasteiger partial charge in [-0.05, 0) is 30.3 Å². The second-order valence-electron chi connectivity index (χ2n) is 4.50. The van der Waals surface area contributed by atoms with Gasteiger partial charge in [0.15, 0.2) is 5.82 Å². The molecule has 2 aromatic rings. The Bertz CT molecular complexity index is 796. The minimum atomic E-state index is -1.41. The van der Waals surface area contributed by atoms with Crippen molar-refractivity contribution in [2.75, 3.05) is 11.9 Å². The summed E-state index contributed by atoms with van der Waals surface area (Å²) in [5.74, 6) is -2.94. The van der Waals surface area contributed by atoms with Crippen LogP contribution in [0.3, 0.4) is 0 Å². The number of halogens is 1. The van der Waals surface area contributed by atoms with E-state index in [4.69, 9.17) is 10.4 Å². The van der Waals surface area contributed by atoms with Gasteiger partial charge in [-0.3, -0.25) is 4.79 Å². The van der Waals surface area contributed by atoms with Gasteiger partial charge >= 0.3 is 5.97 Å². The Morgan fingerprint density at radius 1 is 1.23 bits per heavy atom. The van der Waals surface area contributed by atoms with Crippen LogP contribution in [0.1, 0.15) is 26.3 Å². The maximum Gasteiger partial charge on any atom is 0.338 e. The average molecular weight is 298 g/mol. The molecular formula is C16H11FN2O3. The molecule has 2 aromatic carbocycles. The zero-order valence-electron chi connectivity index (χ0n) is 11.6. The molecule has 0 atom stereocenters. The van der Waals surface area contributed by atoms with E-state index in [2.05, 4.69) is 0 Å². The van der Waals surface area contributed by atoms with E-state index in [1.165, 1.54) is 31.3 Å². The molecule has 6 heteroatoms. The highest BCUT2D eigenvalue weighted by Gasteiger charge is 2.21. The lowest BCUT2D eigenvalue weighted by atomic mass is 10.1. The summed E-state index contributed by atoms with van der Waals surface area (Å²) in [6.45, 7) is 0. The molecule has 0 spiro atoms. The number of amides is 1. The van der Waals surface area contributed by atoms with E-state index in [1.54, 1.807) is 12.1 Å². The summed E-state index contributed by atoms with van der Waals surface area (Å²) in [7, 11) is 1.34. The van der Waals surface area contributed by atoms with Crippen LogP contribution >= 0.6 is 0 Å². The number of anilines is 1. The largest absolute Gasteiger partial charge is 0.478 e. The summed E-state index contributed by atoms with van der Waals surface area (Å²) in [5.41, 5.74) is -0.143. The SMILES string of the molecule is CN(C(=O)c1cccc(C#N)c1)c1cccc(C(=O)O)c1F.